The van der Waals surface area contributed by atoms with Crippen LogP contribution in [-0.2, 0) is 4.74 Å². The van der Waals surface area contributed by atoms with Gasteiger partial charge in [0.15, 0.2) is 0 Å². The molecular weight excluding hydrogens is 316 g/mol. The molecule has 0 unspecified atom stereocenters. The van der Waals surface area contributed by atoms with Gasteiger partial charge in [-0.05, 0) is 44.6 Å². The van der Waals surface area contributed by atoms with Crippen molar-refractivity contribution in [3.8, 4) is 5.75 Å². The molecule has 0 radical (unpaired) electrons. The van der Waals surface area contributed by atoms with Crippen molar-refractivity contribution >= 4 is 6.03 Å². The van der Waals surface area contributed by atoms with E-state index < -0.39 is 0 Å². The van der Waals surface area contributed by atoms with E-state index in [4.69, 9.17) is 9.47 Å². The van der Waals surface area contributed by atoms with Gasteiger partial charge >= 0.3 is 6.03 Å². The van der Waals surface area contributed by atoms with E-state index in [0.717, 1.165) is 56.7 Å². The Kier molecular flexibility index (Phi) is 8.06. The SMILES string of the molecule is CCCOc1ccccc1[C@H](C)NC(=O)N1CCC(CCOC)CC1. The minimum absolute atomic E-state index is 0.0167. The Morgan fingerprint density at radius 1 is 1.28 bits per heavy atom. The van der Waals surface area contributed by atoms with Crippen LogP contribution in [0.1, 0.15) is 51.1 Å². The summed E-state index contributed by atoms with van der Waals surface area (Å²) in [6.07, 6.45) is 4.17. The smallest absolute Gasteiger partial charge is 0.317 e. The molecule has 1 saturated heterocycles. The molecule has 1 fully saturated rings. The van der Waals surface area contributed by atoms with Crippen molar-refractivity contribution < 1.29 is 14.3 Å². The summed E-state index contributed by atoms with van der Waals surface area (Å²) in [6, 6.07) is 7.88. The van der Waals surface area contributed by atoms with Crippen LogP contribution in [0.5, 0.6) is 5.75 Å². The van der Waals surface area contributed by atoms with Crippen LogP contribution in [0.25, 0.3) is 0 Å². The molecule has 1 N–H and O–H groups in total. The zero-order valence-corrected chi connectivity index (χ0v) is 15.8. The van der Waals surface area contributed by atoms with E-state index in [0.29, 0.717) is 12.5 Å². The number of para-hydroxylation sites is 1. The molecule has 1 aromatic rings. The molecule has 1 atom stereocenters. The Hall–Kier alpha value is -1.75. The lowest BCUT2D eigenvalue weighted by atomic mass is 9.94. The first kappa shape index (κ1) is 19.6. The van der Waals surface area contributed by atoms with E-state index >= 15 is 0 Å². The summed E-state index contributed by atoms with van der Waals surface area (Å²) in [6.45, 7) is 7.23. The number of nitrogens with one attached hydrogen (secondary N) is 1. The monoisotopic (exact) mass is 348 g/mol. The Morgan fingerprint density at radius 2 is 2.00 bits per heavy atom. The third-order valence-electron chi connectivity index (χ3n) is 4.82. The lowest BCUT2D eigenvalue weighted by Gasteiger charge is -2.33. The van der Waals surface area contributed by atoms with Gasteiger partial charge in [0.1, 0.15) is 5.75 Å². The first-order valence-corrected chi connectivity index (χ1v) is 9.41. The number of rotatable bonds is 8. The Bertz CT molecular complexity index is 527. The van der Waals surface area contributed by atoms with Crippen LogP contribution < -0.4 is 10.1 Å². The van der Waals surface area contributed by atoms with Gasteiger partial charge in [-0.1, -0.05) is 25.1 Å². The van der Waals surface area contributed by atoms with Crippen molar-refractivity contribution in [3.05, 3.63) is 29.8 Å². The third-order valence-corrected chi connectivity index (χ3v) is 4.82. The van der Waals surface area contributed by atoms with E-state index in [9.17, 15) is 4.79 Å². The Labute approximate surface area is 151 Å². The number of urea groups is 1. The van der Waals surface area contributed by atoms with Gasteiger partial charge in [0, 0.05) is 32.4 Å². The molecule has 0 spiro atoms. The van der Waals surface area contributed by atoms with Crippen LogP contribution in [0.15, 0.2) is 24.3 Å². The molecule has 5 nitrogen and oxygen atoms in total. The number of ether oxygens (including phenoxy) is 2. The fourth-order valence-electron chi connectivity index (χ4n) is 3.25. The maximum absolute atomic E-state index is 12.6. The van der Waals surface area contributed by atoms with E-state index in [1.807, 2.05) is 36.1 Å². The molecule has 2 rings (SSSR count). The molecule has 1 heterocycles. The lowest BCUT2D eigenvalue weighted by Crippen LogP contribution is -2.45. The highest BCUT2D eigenvalue weighted by Gasteiger charge is 2.24. The van der Waals surface area contributed by atoms with Crippen molar-refractivity contribution in [2.24, 2.45) is 5.92 Å². The third kappa shape index (κ3) is 5.92. The van der Waals surface area contributed by atoms with Crippen LogP contribution >= 0.6 is 0 Å². The molecule has 0 bridgehead atoms. The number of likely N-dealkylation sites (tertiary alicyclic amines) is 1. The van der Waals surface area contributed by atoms with Gasteiger partial charge in [0.25, 0.3) is 0 Å². The number of nitrogens with zero attached hydrogens (tertiary/aromatic N) is 1. The second-order valence-corrected chi connectivity index (χ2v) is 6.77. The molecule has 0 aliphatic carbocycles. The van der Waals surface area contributed by atoms with Gasteiger partial charge in [-0.15, -0.1) is 0 Å². The summed E-state index contributed by atoms with van der Waals surface area (Å²) in [5, 5.41) is 3.12. The van der Waals surface area contributed by atoms with Gasteiger partial charge in [-0.25, -0.2) is 4.79 Å². The number of benzene rings is 1. The number of methoxy groups -OCH3 is 1. The predicted molar refractivity (Wildman–Crippen MR) is 100.0 cm³/mol. The first-order valence-electron chi connectivity index (χ1n) is 9.41. The van der Waals surface area contributed by atoms with Crippen LogP contribution in [0.4, 0.5) is 4.79 Å². The zero-order chi connectivity index (χ0) is 18.1. The molecule has 5 heteroatoms. The van der Waals surface area contributed by atoms with Crippen molar-refractivity contribution in [2.45, 2.75) is 45.6 Å². The van der Waals surface area contributed by atoms with Crippen molar-refractivity contribution in [1.29, 1.82) is 0 Å². The quantitative estimate of drug-likeness (QED) is 0.773. The summed E-state index contributed by atoms with van der Waals surface area (Å²) in [5.74, 6) is 1.53. The lowest BCUT2D eigenvalue weighted by molar-refractivity contribution is 0.138. The minimum atomic E-state index is -0.0771. The molecular formula is C20H32N2O3. The molecule has 1 aromatic carbocycles. The highest BCUT2D eigenvalue weighted by molar-refractivity contribution is 5.75. The summed E-state index contributed by atoms with van der Waals surface area (Å²) in [4.78, 5) is 14.5. The topological polar surface area (TPSA) is 50.8 Å². The number of hydrogen-bond donors (Lipinski definition) is 1. The summed E-state index contributed by atoms with van der Waals surface area (Å²) >= 11 is 0. The molecule has 1 aliphatic heterocycles. The van der Waals surface area contributed by atoms with Crippen LogP contribution in [0, 0.1) is 5.92 Å². The van der Waals surface area contributed by atoms with Crippen LogP contribution in [0.3, 0.4) is 0 Å². The molecule has 2 amide bonds. The van der Waals surface area contributed by atoms with E-state index in [2.05, 4.69) is 12.2 Å². The van der Waals surface area contributed by atoms with E-state index in [1.54, 1.807) is 7.11 Å². The molecule has 0 saturated carbocycles. The zero-order valence-electron chi connectivity index (χ0n) is 15.8. The summed E-state index contributed by atoms with van der Waals surface area (Å²) in [5.41, 5.74) is 1.03. The second-order valence-electron chi connectivity index (χ2n) is 6.77. The number of carbonyl (C=O) groups excluding carboxylic acids is 1. The van der Waals surface area contributed by atoms with Crippen molar-refractivity contribution in [3.63, 3.8) is 0 Å². The molecule has 140 valence electrons. The molecule has 1 aliphatic rings. The fourth-order valence-corrected chi connectivity index (χ4v) is 3.25. The second kappa shape index (κ2) is 10.3. The maximum atomic E-state index is 12.6. The van der Waals surface area contributed by atoms with E-state index in [-0.39, 0.29) is 12.1 Å². The summed E-state index contributed by atoms with van der Waals surface area (Å²) in [7, 11) is 1.74. The molecule has 25 heavy (non-hydrogen) atoms. The number of piperidine rings is 1. The highest BCUT2D eigenvalue weighted by Crippen LogP contribution is 2.26. The van der Waals surface area contributed by atoms with Gasteiger partial charge in [0.2, 0.25) is 0 Å². The van der Waals surface area contributed by atoms with Gasteiger partial charge in [-0.3, -0.25) is 0 Å². The largest absolute Gasteiger partial charge is 0.493 e. The standard InChI is InChI=1S/C20H32N2O3/c1-4-14-25-19-8-6-5-7-18(19)16(2)21-20(23)22-12-9-17(10-13-22)11-15-24-3/h5-8,16-17H,4,9-15H2,1-3H3,(H,21,23)/t16-/m0/s1. The first-order chi connectivity index (χ1) is 12.2. The average molecular weight is 348 g/mol. The minimum Gasteiger partial charge on any atom is -0.493 e. The summed E-state index contributed by atoms with van der Waals surface area (Å²) < 4.78 is 11.0. The number of amides is 2. The number of carbonyl (C=O) groups is 1. The van der Waals surface area contributed by atoms with Crippen LogP contribution in [-0.4, -0.2) is 44.3 Å². The van der Waals surface area contributed by atoms with Crippen molar-refractivity contribution in [1.82, 2.24) is 10.2 Å². The van der Waals surface area contributed by atoms with Crippen LogP contribution in [0.2, 0.25) is 0 Å². The van der Waals surface area contributed by atoms with Crippen molar-refractivity contribution in [2.75, 3.05) is 33.4 Å². The fraction of sp³-hybridized carbons (Fsp3) is 0.650. The number of hydrogen-bond acceptors (Lipinski definition) is 3. The Balaban J connectivity index is 1.86. The van der Waals surface area contributed by atoms with Gasteiger partial charge in [-0.2, -0.15) is 0 Å². The van der Waals surface area contributed by atoms with Gasteiger partial charge < -0.3 is 19.7 Å². The normalized spacial score (nSPS) is 16.5. The molecule has 0 aromatic heterocycles. The maximum Gasteiger partial charge on any atom is 0.317 e. The Morgan fingerprint density at radius 3 is 2.68 bits per heavy atom. The van der Waals surface area contributed by atoms with E-state index in [1.165, 1.54) is 0 Å². The average Bonchev–Trinajstić information content (AvgIpc) is 2.65. The van der Waals surface area contributed by atoms with Gasteiger partial charge in [0.05, 0.1) is 12.6 Å². The predicted octanol–water partition coefficient (Wildman–Crippen LogP) is 3.99. The highest BCUT2D eigenvalue weighted by atomic mass is 16.5.